The second-order valence-corrected chi connectivity index (χ2v) is 9.12. The Bertz CT molecular complexity index is 971. The highest BCUT2D eigenvalue weighted by Gasteiger charge is 2.24. The second-order valence-electron chi connectivity index (χ2n) is 7.38. The van der Waals surface area contributed by atoms with E-state index in [9.17, 15) is 8.42 Å². The molecule has 1 unspecified atom stereocenters. The Morgan fingerprint density at radius 1 is 1.18 bits per heavy atom. The molecule has 0 aromatic heterocycles. The molecule has 0 fully saturated rings. The van der Waals surface area contributed by atoms with E-state index in [0.29, 0.717) is 12.4 Å². The van der Waals surface area contributed by atoms with E-state index in [1.807, 2.05) is 45.0 Å². The first-order valence-corrected chi connectivity index (χ1v) is 10.8. The predicted molar refractivity (Wildman–Crippen MR) is 110 cm³/mol. The van der Waals surface area contributed by atoms with Crippen molar-refractivity contribution in [3.05, 3.63) is 52.6 Å². The van der Waals surface area contributed by atoms with Gasteiger partial charge in [-0.05, 0) is 68.4 Å². The number of fused-ring (bicyclic) bond motifs is 1. The number of sulfonamides is 1. The number of rotatable bonds is 7. The minimum Gasteiger partial charge on any atom is -0.495 e. The summed E-state index contributed by atoms with van der Waals surface area (Å²) in [7, 11) is 1.66. The summed E-state index contributed by atoms with van der Waals surface area (Å²) in [5, 5.41) is 0. The molecule has 0 radical (unpaired) electrons. The summed E-state index contributed by atoms with van der Waals surface area (Å²) in [6, 6.07) is 9.40. The van der Waals surface area contributed by atoms with Crippen molar-refractivity contribution in [1.82, 2.24) is 9.62 Å². The maximum atomic E-state index is 13.0. The van der Waals surface area contributed by atoms with Gasteiger partial charge in [0.05, 0.1) is 13.7 Å². The van der Waals surface area contributed by atoms with Crippen molar-refractivity contribution in [2.45, 2.75) is 31.2 Å². The summed E-state index contributed by atoms with van der Waals surface area (Å²) in [5.74, 6) is 1.27. The Morgan fingerprint density at radius 3 is 2.57 bits per heavy atom. The lowest BCUT2D eigenvalue weighted by Gasteiger charge is -2.25. The van der Waals surface area contributed by atoms with Gasteiger partial charge < -0.3 is 14.4 Å². The molecule has 1 atom stereocenters. The Balaban J connectivity index is 1.85. The van der Waals surface area contributed by atoms with Crippen LogP contribution in [-0.4, -0.2) is 47.7 Å². The van der Waals surface area contributed by atoms with Crippen LogP contribution in [-0.2, 0) is 16.4 Å². The molecular formula is C21H28N2O4S. The van der Waals surface area contributed by atoms with E-state index < -0.39 is 10.0 Å². The number of likely N-dealkylation sites (N-methyl/N-ethyl adjacent to an activating group) is 1. The van der Waals surface area contributed by atoms with Gasteiger partial charge in [-0.2, -0.15) is 0 Å². The van der Waals surface area contributed by atoms with Crippen molar-refractivity contribution >= 4 is 10.0 Å². The largest absolute Gasteiger partial charge is 0.495 e. The van der Waals surface area contributed by atoms with E-state index in [-0.39, 0.29) is 17.5 Å². The average molecular weight is 405 g/mol. The molecule has 3 rings (SSSR count). The van der Waals surface area contributed by atoms with Crippen molar-refractivity contribution in [2.75, 3.05) is 34.4 Å². The van der Waals surface area contributed by atoms with Gasteiger partial charge in [0.15, 0.2) is 0 Å². The minimum atomic E-state index is -3.72. The molecule has 1 N–H and O–H groups in total. The van der Waals surface area contributed by atoms with Crippen LogP contribution in [0.4, 0.5) is 0 Å². The Labute approximate surface area is 167 Å². The highest BCUT2D eigenvalue weighted by atomic mass is 32.2. The van der Waals surface area contributed by atoms with E-state index >= 15 is 0 Å². The summed E-state index contributed by atoms with van der Waals surface area (Å²) >= 11 is 0. The maximum Gasteiger partial charge on any atom is 0.244 e. The van der Waals surface area contributed by atoms with Gasteiger partial charge in [0.25, 0.3) is 0 Å². The van der Waals surface area contributed by atoms with Gasteiger partial charge in [-0.1, -0.05) is 12.1 Å². The van der Waals surface area contributed by atoms with Crippen LogP contribution in [0.5, 0.6) is 11.5 Å². The van der Waals surface area contributed by atoms with Crippen LogP contribution >= 0.6 is 0 Å². The summed E-state index contributed by atoms with van der Waals surface area (Å²) < 4.78 is 39.6. The zero-order chi connectivity index (χ0) is 20.5. The lowest BCUT2D eigenvalue weighted by atomic mass is 10.0. The third kappa shape index (κ3) is 4.16. The number of hydrogen-bond donors (Lipinski definition) is 1. The van der Waals surface area contributed by atoms with Crippen molar-refractivity contribution < 1.29 is 17.9 Å². The molecule has 2 aromatic carbocycles. The summed E-state index contributed by atoms with van der Waals surface area (Å²) in [6.07, 6.45) is 0.884. The quantitative estimate of drug-likeness (QED) is 0.769. The van der Waals surface area contributed by atoms with Gasteiger partial charge in [-0.15, -0.1) is 0 Å². The van der Waals surface area contributed by atoms with E-state index in [0.717, 1.165) is 28.9 Å². The van der Waals surface area contributed by atoms with Crippen molar-refractivity contribution in [3.8, 4) is 11.5 Å². The molecule has 6 nitrogen and oxygen atoms in total. The topological polar surface area (TPSA) is 67.9 Å². The van der Waals surface area contributed by atoms with Crippen LogP contribution in [0.25, 0.3) is 0 Å². The molecule has 1 heterocycles. The first-order valence-electron chi connectivity index (χ1n) is 9.30. The summed E-state index contributed by atoms with van der Waals surface area (Å²) in [4.78, 5) is 2.18. The molecule has 152 valence electrons. The van der Waals surface area contributed by atoms with Gasteiger partial charge in [0.2, 0.25) is 10.0 Å². The highest BCUT2D eigenvalue weighted by molar-refractivity contribution is 7.89. The lowest BCUT2D eigenvalue weighted by molar-refractivity contribution is 0.299. The summed E-state index contributed by atoms with van der Waals surface area (Å²) in [6.45, 7) is 4.78. The SMILES string of the molecule is COc1cc(C)c(C)cc1S(=O)(=O)NCC(c1ccc2c(c1)CCO2)N(C)C. The number of benzene rings is 2. The molecule has 0 bridgehead atoms. The van der Waals surface area contributed by atoms with Crippen LogP contribution in [0.2, 0.25) is 0 Å². The third-order valence-corrected chi connectivity index (χ3v) is 6.70. The third-order valence-electron chi connectivity index (χ3n) is 5.26. The normalized spacial score (nSPS) is 14.6. The van der Waals surface area contributed by atoms with E-state index in [2.05, 4.69) is 10.8 Å². The second kappa shape index (κ2) is 8.11. The predicted octanol–water partition coefficient (Wildman–Crippen LogP) is 2.83. The van der Waals surface area contributed by atoms with Crippen molar-refractivity contribution in [1.29, 1.82) is 0 Å². The fourth-order valence-electron chi connectivity index (χ4n) is 3.41. The van der Waals surface area contributed by atoms with Crippen LogP contribution in [0.1, 0.15) is 28.3 Å². The number of nitrogens with zero attached hydrogens (tertiary/aromatic N) is 1. The Hall–Kier alpha value is -2.09. The molecule has 28 heavy (non-hydrogen) atoms. The molecule has 0 amide bonds. The Morgan fingerprint density at radius 2 is 1.89 bits per heavy atom. The van der Waals surface area contributed by atoms with Gasteiger partial charge in [0.1, 0.15) is 16.4 Å². The van der Waals surface area contributed by atoms with E-state index in [4.69, 9.17) is 9.47 Å². The van der Waals surface area contributed by atoms with Crippen molar-refractivity contribution in [3.63, 3.8) is 0 Å². The number of nitrogens with one attached hydrogen (secondary N) is 1. The first kappa shape index (κ1) is 20.6. The van der Waals surface area contributed by atoms with Crippen LogP contribution in [0.15, 0.2) is 35.2 Å². The van der Waals surface area contributed by atoms with Crippen LogP contribution in [0, 0.1) is 13.8 Å². The van der Waals surface area contributed by atoms with Gasteiger partial charge >= 0.3 is 0 Å². The highest BCUT2D eigenvalue weighted by Crippen LogP contribution is 2.30. The molecule has 0 saturated carbocycles. The standard InChI is InChI=1S/C21H28N2O4S/c1-14-10-20(26-5)21(11-15(14)2)28(24,25)22-13-18(23(3)4)16-6-7-19-17(12-16)8-9-27-19/h6-7,10-12,18,22H,8-9,13H2,1-5H3. The average Bonchev–Trinajstić information content (AvgIpc) is 3.11. The molecule has 0 saturated heterocycles. The number of aryl methyl sites for hydroxylation is 2. The molecule has 7 heteroatoms. The lowest BCUT2D eigenvalue weighted by Crippen LogP contribution is -2.34. The zero-order valence-electron chi connectivity index (χ0n) is 17.1. The monoisotopic (exact) mass is 404 g/mol. The molecule has 1 aliphatic heterocycles. The molecular weight excluding hydrogens is 376 g/mol. The number of hydrogen-bond acceptors (Lipinski definition) is 5. The molecule has 1 aliphatic rings. The van der Waals surface area contributed by atoms with E-state index in [1.54, 1.807) is 12.1 Å². The molecule has 2 aromatic rings. The van der Waals surface area contributed by atoms with Gasteiger partial charge in [0, 0.05) is 19.0 Å². The Kier molecular flexibility index (Phi) is 5.98. The van der Waals surface area contributed by atoms with Crippen molar-refractivity contribution in [2.24, 2.45) is 0 Å². The van der Waals surface area contributed by atoms with Crippen LogP contribution in [0.3, 0.4) is 0 Å². The van der Waals surface area contributed by atoms with Crippen LogP contribution < -0.4 is 14.2 Å². The number of methoxy groups -OCH3 is 1. The fraction of sp³-hybridized carbons (Fsp3) is 0.429. The zero-order valence-corrected chi connectivity index (χ0v) is 17.9. The maximum absolute atomic E-state index is 13.0. The number of ether oxygens (including phenoxy) is 2. The minimum absolute atomic E-state index is 0.0989. The van der Waals surface area contributed by atoms with E-state index in [1.165, 1.54) is 12.7 Å². The molecule has 0 spiro atoms. The smallest absolute Gasteiger partial charge is 0.244 e. The van der Waals surface area contributed by atoms with Gasteiger partial charge in [-0.25, -0.2) is 13.1 Å². The van der Waals surface area contributed by atoms with Gasteiger partial charge in [-0.3, -0.25) is 0 Å². The fourth-order valence-corrected chi connectivity index (χ4v) is 4.68. The first-order chi connectivity index (χ1) is 13.2. The summed E-state index contributed by atoms with van der Waals surface area (Å²) in [5.41, 5.74) is 4.12. The molecule has 0 aliphatic carbocycles.